The monoisotopic (exact) mass is 174 g/mol. The van der Waals surface area contributed by atoms with Crippen LogP contribution < -0.4 is 0 Å². The number of ether oxygens (including phenoxy) is 2. The van der Waals surface area contributed by atoms with Gasteiger partial charge in [-0.2, -0.15) is 0 Å². The van der Waals surface area contributed by atoms with Gasteiger partial charge >= 0.3 is 0 Å². The first-order valence-electron chi connectivity index (χ1n) is 4.77. The first-order chi connectivity index (χ1) is 5.52. The van der Waals surface area contributed by atoms with Crippen LogP contribution in [0.5, 0.6) is 0 Å². The largest absolute Gasteiger partial charge is 0.376 e. The van der Waals surface area contributed by atoms with Gasteiger partial charge in [0.1, 0.15) is 0 Å². The third-order valence-electron chi connectivity index (χ3n) is 1.83. The van der Waals surface area contributed by atoms with E-state index < -0.39 is 0 Å². The second kappa shape index (κ2) is 5.55. The van der Waals surface area contributed by atoms with Crippen LogP contribution in [-0.4, -0.2) is 24.9 Å². The van der Waals surface area contributed by atoms with Gasteiger partial charge in [-0.1, -0.05) is 6.92 Å². The van der Waals surface area contributed by atoms with Crippen LogP contribution in [-0.2, 0) is 9.47 Å². The third-order valence-corrected chi connectivity index (χ3v) is 1.83. The van der Waals surface area contributed by atoms with E-state index in [1.54, 1.807) is 0 Å². The molecule has 0 amide bonds. The Labute approximate surface area is 76.3 Å². The SMILES string of the molecule is CCOC(C)(C)COC(C)CC. The smallest absolute Gasteiger partial charge is 0.0858 e. The van der Waals surface area contributed by atoms with Crippen LogP contribution in [0.2, 0.25) is 0 Å². The molecule has 0 aliphatic carbocycles. The molecule has 0 saturated carbocycles. The summed E-state index contributed by atoms with van der Waals surface area (Å²) in [6.07, 6.45) is 1.40. The molecule has 0 spiro atoms. The van der Waals surface area contributed by atoms with E-state index in [2.05, 4.69) is 27.7 Å². The van der Waals surface area contributed by atoms with Gasteiger partial charge in [-0.15, -0.1) is 0 Å². The molecular formula is C10H22O2. The maximum atomic E-state index is 5.58. The van der Waals surface area contributed by atoms with Crippen molar-refractivity contribution in [3.05, 3.63) is 0 Å². The summed E-state index contributed by atoms with van der Waals surface area (Å²) in [6, 6.07) is 0. The minimum absolute atomic E-state index is 0.141. The van der Waals surface area contributed by atoms with Crippen molar-refractivity contribution in [1.29, 1.82) is 0 Å². The lowest BCUT2D eigenvalue weighted by atomic mass is 10.1. The molecule has 0 heterocycles. The van der Waals surface area contributed by atoms with Gasteiger partial charge in [0, 0.05) is 6.61 Å². The molecule has 0 aromatic rings. The average Bonchev–Trinajstić information content (AvgIpc) is 2.00. The molecule has 0 radical (unpaired) electrons. The maximum absolute atomic E-state index is 5.58. The quantitative estimate of drug-likeness (QED) is 0.616. The molecule has 0 bridgehead atoms. The van der Waals surface area contributed by atoms with E-state index in [4.69, 9.17) is 9.47 Å². The molecule has 0 saturated heterocycles. The van der Waals surface area contributed by atoms with Gasteiger partial charge in [-0.3, -0.25) is 0 Å². The molecule has 2 heteroatoms. The van der Waals surface area contributed by atoms with Crippen molar-refractivity contribution in [2.75, 3.05) is 13.2 Å². The molecule has 1 unspecified atom stereocenters. The van der Waals surface area contributed by atoms with E-state index in [1.807, 2.05) is 6.92 Å². The summed E-state index contributed by atoms with van der Waals surface area (Å²) in [6.45, 7) is 11.7. The third kappa shape index (κ3) is 5.56. The lowest BCUT2D eigenvalue weighted by Crippen LogP contribution is -2.32. The van der Waals surface area contributed by atoms with Crippen LogP contribution in [0.25, 0.3) is 0 Å². The predicted octanol–water partition coefficient (Wildman–Crippen LogP) is 2.62. The van der Waals surface area contributed by atoms with E-state index in [-0.39, 0.29) is 5.60 Å². The maximum Gasteiger partial charge on any atom is 0.0858 e. The zero-order chi connectivity index (χ0) is 9.61. The Bertz CT molecular complexity index is 110. The number of hydrogen-bond donors (Lipinski definition) is 0. The van der Waals surface area contributed by atoms with E-state index in [1.165, 1.54) is 0 Å². The van der Waals surface area contributed by atoms with E-state index in [9.17, 15) is 0 Å². The Morgan fingerprint density at radius 3 is 2.25 bits per heavy atom. The predicted molar refractivity (Wildman–Crippen MR) is 51.4 cm³/mol. The number of hydrogen-bond acceptors (Lipinski definition) is 2. The van der Waals surface area contributed by atoms with Gasteiger partial charge in [0.2, 0.25) is 0 Å². The van der Waals surface area contributed by atoms with Crippen molar-refractivity contribution in [3.8, 4) is 0 Å². The molecule has 1 atom stereocenters. The summed E-state index contributed by atoms with van der Waals surface area (Å²) in [7, 11) is 0. The van der Waals surface area contributed by atoms with Crippen LogP contribution in [0.1, 0.15) is 41.0 Å². The Morgan fingerprint density at radius 1 is 1.25 bits per heavy atom. The zero-order valence-corrected chi connectivity index (χ0v) is 9.02. The molecule has 0 N–H and O–H groups in total. The minimum atomic E-state index is -0.141. The highest BCUT2D eigenvalue weighted by Gasteiger charge is 2.18. The van der Waals surface area contributed by atoms with Gasteiger partial charge < -0.3 is 9.47 Å². The second-order valence-corrected chi connectivity index (χ2v) is 3.72. The lowest BCUT2D eigenvalue weighted by molar-refractivity contribution is -0.0876. The molecule has 12 heavy (non-hydrogen) atoms. The van der Waals surface area contributed by atoms with E-state index in [0.717, 1.165) is 13.0 Å². The summed E-state index contributed by atoms with van der Waals surface area (Å²) >= 11 is 0. The first-order valence-corrected chi connectivity index (χ1v) is 4.77. The van der Waals surface area contributed by atoms with Crippen molar-refractivity contribution in [2.45, 2.75) is 52.7 Å². The molecule has 74 valence electrons. The molecule has 0 aliphatic heterocycles. The fourth-order valence-electron chi connectivity index (χ4n) is 0.893. The van der Waals surface area contributed by atoms with Gasteiger partial charge in [-0.25, -0.2) is 0 Å². The summed E-state index contributed by atoms with van der Waals surface area (Å²) < 4.78 is 11.1. The minimum Gasteiger partial charge on any atom is -0.376 e. The average molecular weight is 174 g/mol. The summed E-state index contributed by atoms with van der Waals surface area (Å²) in [4.78, 5) is 0. The second-order valence-electron chi connectivity index (χ2n) is 3.72. The van der Waals surface area contributed by atoms with Gasteiger partial charge in [-0.05, 0) is 34.1 Å². The molecule has 2 nitrogen and oxygen atoms in total. The van der Waals surface area contributed by atoms with Crippen molar-refractivity contribution in [1.82, 2.24) is 0 Å². The van der Waals surface area contributed by atoms with Crippen molar-refractivity contribution >= 4 is 0 Å². The lowest BCUT2D eigenvalue weighted by Gasteiger charge is -2.26. The van der Waals surface area contributed by atoms with E-state index in [0.29, 0.717) is 12.7 Å². The standard InChI is InChI=1S/C10H22O2/c1-6-9(3)11-8-10(4,5)12-7-2/h9H,6-8H2,1-5H3. The highest BCUT2D eigenvalue weighted by atomic mass is 16.5. The summed E-state index contributed by atoms with van der Waals surface area (Å²) in [5.74, 6) is 0. The molecule has 0 aromatic carbocycles. The molecule has 0 aromatic heterocycles. The van der Waals surface area contributed by atoms with E-state index >= 15 is 0 Å². The van der Waals surface area contributed by atoms with Crippen LogP contribution >= 0.6 is 0 Å². The first kappa shape index (κ1) is 11.9. The van der Waals surface area contributed by atoms with Crippen LogP contribution in [0.4, 0.5) is 0 Å². The van der Waals surface area contributed by atoms with Gasteiger partial charge in [0.25, 0.3) is 0 Å². The topological polar surface area (TPSA) is 18.5 Å². The molecular weight excluding hydrogens is 152 g/mol. The normalized spacial score (nSPS) is 14.8. The van der Waals surface area contributed by atoms with Crippen LogP contribution in [0.3, 0.4) is 0 Å². The van der Waals surface area contributed by atoms with Crippen LogP contribution in [0, 0.1) is 0 Å². The van der Waals surface area contributed by atoms with Crippen molar-refractivity contribution in [3.63, 3.8) is 0 Å². The Morgan fingerprint density at radius 2 is 1.83 bits per heavy atom. The Balaban J connectivity index is 3.59. The van der Waals surface area contributed by atoms with Gasteiger partial charge in [0.05, 0.1) is 18.3 Å². The highest BCUT2D eigenvalue weighted by Crippen LogP contribution is 2.11. The van der Waals surface area contributed by atoms with Crippen molar-refractivity contribution < 1.29 is 9.47 Å². The summed E-state index contributed by atoms with van der Waals surface area (Å²) in [5.41, 5.74) is -0.141. The fourth-order valence-corrected chi connectivity index (χ4v) is 0.893. The molecule has 0 aliphatic rings. The number of rotatable bonds is 6. The Hall–Kier alpha value is -0.0800. The highest BCUT2D eigenvalue weighted by molar-refractivity contribution is 4.67. The Kier molecular flexibility index (Phi) is 5.51. The summed E-state index contributed by atoms with van der Waals surface area (Å²) in [5, 5.41) is 0. The van der Waals surface area contributed by atoms with Crippen molar-refractivity contribution in [2.24, 2.45) is 0 Å². The fraction of sp³-hybridized carbons (Fsp3) is 1.00. The molecule has 0 fully saturated rings. The zero-order valence-electron chi connectivity index (χ0n) is 9.02. The van der Waals surface area contributed by atoms with Crippen LogP contribution in [0.15, 0.2) is 0 Å². The van der Waals surface area contributed by atoms with Gasteiger partial charge in [0.15, 0.2) is 0 Å². The molecule has 0 rings (SSSR count).